The van der Waals surface area contributed by atoms with E-state index in [2.05, 4.69) is 15.6 Å². The van der Waals surface area contributed by atoms with Gasteiger partial charge in [-0.3, -0.25) is 9.69 Å². The lowest BCUT2D eigenvalue weighted by Crippen LogP contribution is -2.28. The zero-order valence-electron chi connectivity index (χ0n) is 14.7. The van der Waals surface area contributed by atoms with Crippen LogP contribution in [0.25, 0.3) is 0 Å². The van der Waals surface area contributed by atoms with Gasteiger partial charge in [-0.1, -0.05) is 13.0 Å². The van der Waals surface area contributed by atoms with Crippen molar-refractivity contribution in [1.29, 1.82) is 0 Å². The summed E-state index contributed by atoms with van der Waals surface area (Å²) < 4.78 is 5.60. The molecule has 0 spiro atoms. The molecule has 7 heteroatoms. The van der Waals surface area contributed by atoms with Crippen LogP contribution in [0.1, 0.15) is 29.3 Å². The van der Waals surface area contributed by atoms with Crippen molar-refractivity contribution >= 4 is 17.6 Å². The lowest BCUT2D eigenvalue weighted by molar-refractivity contribution is 0.0950. The third-order valence-corrected chi connectivity index (χ3v) is 4.03. The summed E-state index contributed by atoms with van der Waals surface area (Å²) in [6.07, 6.45) is 2.56. The van der Waals surface area contributed by atoms with Crippen LogP contribution in [0, 0.1) is 0 Å². The summed E-state index contributed by atoms with van der Waals surface area (Å²) in [4.78, 5) is 29.9. The first-order valence-corrected chi connectivity index (χ1v) is 8.69. The summed E-state index contributed by atoms with van der Waals surface area (Å²) in [6, 6.07) is 10.6. The lowest BCUT2D eigenvalue weighted by atomic mass is 10.1. The monoisotopic (exact) mass is 354 g/mol. The molecule has 1 aromatic heterocycles. The zero-order chi connectivity index (χ0) is 18.4. The first-order valence-electron chi connectivity index (χ1n) is 8.69. The van der Waals surface area contributed by atoms with E-state index >= 15 is 0 Å². The molecule has 1 aromatic carbocycles. The summed E-state index contributed by atoms with van der Waals surface area (Å²) in [5, 5.41) is 5.63. The average molecular weight is 354 g/mol. The molecule has 1 fully saturated rings. The van der Waals surface area contributed by atoms with Crippen LogP contribution in [-0.2, 0) is 6.54 Å². The van der Waals surface area contributed by atoms with Gasteiger partial charge in [0.15, 0.2) is 0 Å². The van der Waals surface area contributed by atoms with Crippen molar-refractivity contribution in [3.05, 3.63) is 53.7 Å². The number of pyridine rings is 1. The van der Waals surface area contributed by atoms with Gasteiger partial charge < -0.3 is 15.4 Å². The predicted molar refractivity (Wildman–Crippen MR) is 98.4 cm³/mol. The summed E-state index contributed by atoms with van der Waals surface area (Å²) in [7, 11) is 0. The minimum Gasteiger partial charge on any atom is -0.477 e. The number of amides is 3. The molecule has 136 valence electrons. The maximum atomic E-state index is 12.4. The Bertz CT molecular complexity index is 777. The molecule has 0 unspecified atom stereocenters. The Morgan fingerprint density at radius 1 is 1.31 bits per heavy atom. The van der Waals surface area contributed by atoms with E-state index in [1.165, 1.54) is 0 Å². The Hall–Kier alpha value is -3.09. The van der Waals surface area contributed by atoms with Gasteiger partial charge in [-0.25, -0.2) is 9.78 Å². The van der Waals surface area contributed by atoms with Gasteiger partial charge in [0.1, 0.15) is 0 Å². The molecule has 7 nitrogen and oxygen atoms in total. The highest BCUT2D eigenvalue weighted by Crippen LogP contribution is 2.18. The summed E-state index contributed by atoms with van der Waals surface area (Å²) >= 11 is 0. The van der Waals surface area contributed by atoms with E-state index in [0.29, 0.717) is 37.7 Å². The van der Waals surface area contributed by atoms with E-state index in [4.69, 9.17) is 4.74 Å². The molecular formula is C19H22N4O3. The second kappa shape index (κ2) is 8.33. The summed E-state index contributed by atoms with van der Waals surface area (Å²) in [5.41, 5.74) is 2.15. The first kappa shape index (κ1) is 17.7. The third-order valence-electron chi connectivity index (χ3n) is 4.03. The number of nitrogens with zero attached hydrogens (tertiary/aromatic N) is 2. The van der Waals surface area contributed by atoms with Crippen LogP contribution in [0.4, 0.5) is 10.5 Å². The van der Waals surface area contributed by atoms with Gasteiger partial charge in [-0.05, 0) is 36.8 Å². The highest BCUT2D eigenvalue weighted by atomic mass is 16.5. The zero-order valence-corrected chi connectivity index (χ0v) is 14.7. The number of anilines is 1. The second-order valence-corrected chi connectivity index (χ2v) is 5.93. The van der Waals surface area contributed by atoms with Crippen LogP contribution in [0.3, 0.4) is 0 Å². The van der Waals surface area contributed by atoms with Gasteiger partial charge in [-0.2, -0.15) is 0 Å². The number of rotatable bonds is 7. The number of aromatic nitrogens is 1. The van der Waals surface area contributed by atoms with E-state index in [1.54, 1.807) is 35.4 Å². The summed E-state index contributed by atoms with van der Waals surface area (Å²) in [6.45, 7) is 4.21. The fraction of sp³-hybridized carbons (Fsp3) is 0.316. The minimum absolute atomic E-state index is 0.113. The third kappa shape index (κ3) is 4.11. The Balaban J connectivity index is 1.61. The molecule has 0 aliphatic carbocycles. The van der Waals surface area contributed by atoms with Crippen molar-refractivity contribution < 1.29 is 14.3 Å². The molecule has 0 saturated carbocycles. The summed E-state index contributed by atoms with van der Waals surface area (Å²) in [5.74, 6) is 0.359. The van der Waals surface area contributed by atoms with Gasteiger partial charge in [-0.15, -0.1) is 0 Å². The molecule has 26 heavy (non-hydrogen) atoms. The van der Waals surface area contributed by atoms with Gasteiger partial charge >= 0.3 is 6.03 Å². The average Bonchev–Trinajstić information content (AvgIpc) is 3.11. The lowest BCUT2D eigenvalue weighted by Gasteiger charge is -2.14. The van der Waals surface area contributed by atoms with Crippen LogP contribution < -0.4 is 20.3 Å². The van der Waals surface area contributed by atoms with Gasteiger partial charge in [0.05, 0.1) is 6.61 Å². The molecule has 0 bridgehead atoms. The molecular weight excluding hydrogens is 332 g/mol. The number of ether oxygens (including phenoxy) is 1. The molecule has 1 aliphatic rings. The number of hydrogen-bond acceptors (Lipinski definition) is 4. The molecule has 2 N–H and O–H groups in total. The number of carbonyl (C=O) groups excluding carboxylic acids is 2. The molecule has 2 aromatic rings. The minimum atomic E-state index is -0.187. The maximum Gasteiger partial charge on any atom is 0.321 e. The molecule has 1 saturated heterocycles. The highest BCUT2D eigenvalue weighted by molar-refractivity contribution is 5.97. The molecule has 0 atom stereocenters. The van der Waals surface area contributed by atoms with E-state index < -0.39 is 0 Å². The number of carbonyl (C=O) groups is 2. The SMILES string of the molecule is CCCOc1ncccc1CNC(=O)c1ccc(N2CCNC2=O)cc1. The fourth-order valence-corrected chi connectivity index (χ4v) is 2.68. The van der Waals surface area contributed by atoms with Gasteiger partial charge in [0.25, 0.3) is 5.91 Å². The smallest absolute Gasteiger partial charge is 0.321 e. The Labute approximate surface area is 152 Å². The van der Waals surface area contributed by atoms with Crippen molar-refractivity contribution in [3.8, 4) is 5.88 Å². The Morgan fingerprint density at radius 2 is 2.12 bits per heavy atom. The molecule has 2 heterocycles. The fourth-order valence-electron chi connectivity index (χ4n) is 2.68. The van der Waals surface area contributed by atoms with Crippen molar-refractivity contribution in [2.24, 2.45) is 0 Å². The van der Waals surface area contributed by atoms with E-state index in [0.717, 1.165) is 17.7 Å². The molecule has 0 radical (unpaired) electrons. The van der Waals surface area contributed by atoms with Crippen LogP contribution >= 0.6 is 0 Å². The Kier molecular flexibility index (Phi) is 5.68. The highest BCUT2D eigenvalue weighted by Gasteiger charge is 2.21. The topological polar surface area (TPSA) is 83.6 Å². The van der Waals surface area contributed by atoms with E-state index in [-0.39, 0.29) is 11.9 Å². The van der Waals surface area contributed by atoms with Crippen molar-refractivity contribution in [2.75, 3.05) is 24.6 Å². The van der Waals surface area contributed by atoms with E-state index in [9.17, 15) is 9.59 Å². The van der Waals surface area contributed by atoms with Crippen molar-refractivity contribution in [1.82, 2.24) is 15.6 Å². The Morgan fingerprint density at radius 3 is 2.81 bits per heavy atom. The number of urea groups is 1. The van der Waals surface area contributed by atoms with Crippen LogP contribution in [-0.4, -0.2) is 36.6 Å². The van der Waals surface area contributed by atoms with Crippen molar-refractivity contribution in [2.45, 2.75) is 19.9 Å². The quantitative estimate of drug-likeness (QED) is 0.799. The largest absolute Gasteiger partial charge is 0.477 e. The standard InChI is InChI=1S/C19H22N4O3/c1-2-12-26-18-15(4-3-9-20-18)13-22-17(24)14-5-7-16(8-6-14)23-11-10-21-19(23)25/h3-9H,2,10-13H2,1H3,(H,21,25)(H,22,24). The van der Waals surface area contributed by atoms with Crippen LogP contribution in [0.15, 0.2) is 42.6 Å². The van der Waals surface area contributed by atoms with Crippen LogP contribution in [0.2, 0.25) is 0 Å². The normalized spacial score (nSPS) is 13.4. The maximum absolute atomic E-state index is 12.4. The van der Waals surface area contributed by atoms with Gasteiger partial charge in [0, 0.05) is 42.6 Å². The second-order valence-electron chi connectivity index (χ2n) is 5.93. The number of hydrogen-bond donors (Lipinski definition) is 2. The molecule has 1 aliphatic heterocycles. The molecule has 3 rings (SSSR count). The first-order chi connectivity index (χ1) is 12.7. The van der Waals surface area contributed by atoms with E-state index in [1.807, 2.05) is 19.1 Å². The van der Waals surface area contributed by atoms with Crippen molar-refractivity contribution in [3.63, 3.8) is 0 Å². The van der Waals surface area contributed by atoms with Gasteiger partial charge in [0.2, 0.25) is 5.88 Å². The number of nitrogens with one attached hydrogen (secondary N) is 2. The predicted octanol–water partition coefficient (Wildman–Crippen LogP) is 2.33. The molecule has 3 amide bonds. The van der Waals surface area contributed by atoms with Crippen LogP contribution in [0.5, 0.6) is 5.88 Å². The number of benzene rings is 1.